The molecule has 148 valence electrons. The highest BCUT2D eigenvalue weighted by molar-refractivity contribution is 7.89. The second-order valence-corrected chi connectivity index (χ2v) is 9.72. The molecule has 0 saturated carbocycles. The smallest absolute Gasteiger partial charge is 0.243 e. The van der Waals surface area contributed by atoms with Crippen LogP contribution in [0, 0.1) is 0 Å². The Balaban J connectivity index is 1.79. The van der Waals surface area contributed by atoms with Crippen molar-refractivity contribution in [3.8, 4) is 0 Å². The summed E-state index contributed by atoms with van der Waals surface area (Å²) in [6.45, 7) is 8.42. The molecule has 0 unspecified atom stereocenters. The Labute approximate surface area is 164 Å². The predicted octanol–water partition coefficient (Wildman–Crippen LogP) is 4.48. The molecule has 1 fully saturated rings. The number of nitrogens with zero attached hydrogens (tertiary/aromatic N) is 1. The lowest BCUT2D eigenvalue weighted by atomic mass is 9.84. The van der Waals surface area contributed by atoms with Crippen molar-refractivity contribution >= 4 is 10.0 Å². The zero-order valence-corrected chi connectivity index (χ0v) is 17.6. The van der Waals surface area contributed by atoms with Gasteiger partial charge in [-0.3, -0.25) is 0 Å². The fraction of sp³-hybridized carbons (Fsp3) is 0.545. The minimum absolute atomic E-state index is 0.375. The molecule has 1 aliphatic heterocycles. The van der Waals surface area contributed by atoms with Crippen LogP contribution in [-0.4, -0.2) is 39.0 Å². The third-order valence-corrected chi connectivity index (χ3v) is 7.54. The molecule has 0 bridgehead atoms. The minimum atomic E-state index is -3.42. The van der Waals surface area contributed by atoms with E-state index >= 15 is 0 Å². The first kappa shape index (κ1) is 20.3. The van der Waals surface area contributed by atoms with Crippen molar-refractivity contribution in [3.05, 3.63) is 52.1 Å². The second-order valence-electron chi connectivity index (χ2n) is 7.78. The number of rotatable bonds is 5. The molecule has 0 aromatic heterocycles. The summed E-state index contributed by atoms with van der Waals surface area (Å²) in [6, 6.07) is 7.44. The largest absolute Gasteiger partial charge is 0.379 e. The van der Waals surface area contributed by atoms with E-state index in [2.05, 4.69) is 20.8 Å². The molecule has 0 spiro atoms. The van der Waals surface area contributed by atoms with Crippen LogP contribution in [-0.2, 0) is 21.2 Å². The monoisotopic (exact) mass is 389 g/mol. The van der Waals surface area contributed by atoms with Gasteiger partial charge in [-0.15, -0.1) is 0 Å². The number of hydrogen-bond donors (Lipinski definition) is 0. The predicted molar refractivity (Wildman–Crippen MR) is 109 cm³/mol. The van der Waals surface area contributed by atoms with Crippen molar-refractivity contribution < 1.29 is 13.2 Å². The average Bonchev–Trinajstić information content (AvgIpc) is 2.68. The van der Waals surface area contributed by atoms with Gasteiger partial charge in [0.1, 0.15) is 0 Å². The molecule has 1 aromatic carbocycles. The third kappa shape index (κ3) is 4.71. The summed E-state index contributed by atoms with van der Waals surface area (Å²) in [5.41, 5.74) is 6.99. The molecule has 4 nitrogen and oxygen atoms in total. The van der Waals surface area contributed by atoms with E-state index in [1.165, 1.54) is 45.9 Å². The highest BCUT2D eigenvalue weighted by atomic mass is 32.2. The highest BCUT2D eigenvalue weighted by Gasteiger charge is 2.26. The van der Waals surface area contributed by atoms with Gasteiger partial charge in [-0.25, -0.2) is 8.42 Å². The Kier molecular flexibility index (Phi) is 6.56. The lowest BCUT2D eigenvalue weighted by Gasteiger charge is -2.26. The number of benzene rings is 1. The van der Waals surface area contributed by atoms with Gasteiger partial charge >= 0.3 is 0 Å². The summed E-state index contributed by atoms with van der Waals surface area (Å²) in [5.74, 6) is 0. The van der Waals surface area contributed by atoms with Crippen LogP contribution in [0.5, 0.6) is 0 Å². The van der Waals surface area contributed by atoms with Crippen LogP contribution in [0.1, 0.15) is 52.0 Å². The fourth-order valence-corrected chi connectivity index (χ4v) is 5.38. The molecule has 1 aromatic rings. The molecule has 0 amide bonds. The normalized spacial score (nSPS) is 19.2. The summed E-state index contributed by atoms with van der Waals surface area (Å²) in [6.07, 6.45) is 5.78. The molecule has 5 heteroatoms. The molecule has 0 radical (unpaired) electrons. The molecule has 3 rings (SSSR count). The lowest BCUT2D eigenvalue weighted by molar-refractivity contribution is 0.0730. The van der Waals surface area contributed by atoms with Gasteiger partial charge in [-0.2, -0.15) is 4.31 Å². The number of ether oxygens (including phenoxy) is 1. The summed E-state index contributed by atoms with van der Waals surface area (Å²) in [4.78, 5) is 0.375. The molecular formula is C22H31NO3S. The van der Waals surface area contributed by atoms with Gasteiger partial charge < -0.3 is 4.74 Å². The van der Waals surface area contributed by atoms with E-state index in [1.54, 1.807) is 12.1 Å². The minimum Gasteiger partial charge on any atom is -0.379 e. The quantitative estimate of drug-likeness (QED) is 0.746. The van der Waals surface area contributed by atoms with Crippen molar-refractivity contribution in [3.63, 3.8) is 0 Å². The highest BCUT2D eigenvalue weighted by Crippen LogP contribution is 2.33. The lowest BCUT2D eigenvalue weighted by Crippen LogP contribution is -2.40. The molecular weight excluding hydrogens is 358 g/mol. The van der Waals surface area contributed by atoms with E-state index in [1.807, 2.05) is 12.1 Å². The van der Waals surface area contributed by atoms with Gasteiger partial charge in [0.2, 0.25) is 10.0 Å². The molecule has 2 aliphatic rings. The van der Waals surface area contributed by atoms with Crippen LogP contribution in [0.2, 0.25) is 0 Å². The van der Waals surface area contributed by atoms with Gasteiger partial charge in [0.25, 0.3) is 0 Å². The maximum Gasteiger partial charge on any atom is 0.243 e. The third-order valence-electron chi connectivity index (χ3n) is 5.62. The van der Waals surface area contributed by atoms with Crippen molar-refractivity contribution in [1.82, 2.24) is 4.31 Å². The Bertz CT molecular complexity index is 825. The first-order chi connectivity index (χ1) is 12.9. The van der Waals surface area contributed by atoms with Gasteiger partial charge in [-0.05, 0) is 81.7 Å². The standard InChI is InChI=1S/C22H31NO3S/c1-17(2)22(21-7-5-4-6-18(21)3)16-19-8-10-20(11-9-19)27(24,25)23-12-14-26-15-13-23/h8-11H,4-7,12-16H2,1-3H3. The van der Waals surface area contributed by atoms with Crippen LogP contribution in [0.4, 0.5) is 0 Å². The first-order valence-corrected chi connectivity index (χ1v) is 11.4. The average molecular weight is 390 g/mol. The second kappa shape index (κ2) is 8.72. The molecule has 1 saturated heterocycles. The Morgan fingerprint density at radius 2 is 1.67 bits per heavy atom. The molecule has 0 N–H and O–H groups in total. The summed E-state index contributed by atoms with van der Waals surface area (Å²) >= 11 is 0. The van der Waals surface area contributed by atoms with Crippen LogP contribution < -0.4 is 0 Å². The summed E-state index contributed by atoms with van der Waals surface area (Å²) in [7, 11) is -3.42. The zero-order chi connectivity index (χ0) is 19.4. The Morgan fingerprint density at radius 3 is 2.26 bits per heavy atom. The number of allylic oxidation sites excluding steroid dienone is 4. The van der Waals surface area contributed by atoms with E-state index in [-0.39, 0.29) is 0 Å². The van der Waals surface area contributed by atoms with E-state index in [0.29, 0.717) is 31.2 Å². The molecule has 1 aliphatic carbocycles. The maximum atomic E-state index is 12.8. The molecule has 1 heterocycles. The Hall–Kier alpha value is -1.43. The first-order valence-electron chi connectivity index (χ1n) is 9.92. The fourth-order valence-electron chi connectivity index (χ4n) is 3.97. The van der Waals surface area contributed by atoms with Crippen molar-refractivity contribution in [2.45, 2.75) is 57.8 Å². The summed E-state index contributed by atoms with van der Waals surface area (Å²) < 4.78 is 32.3. The van der Waals surface area contributed by atoms with Crippen molar-refractivity contribution in [1.29, 1.82) is 0 Å². The number of sulfonamides is 1. The SMILES string of the molecule is CC(C)=C(Cc1ccc(S(=O)(=O)N2CCOCC2)cc1)C1=C(C)CCCC1. The number of hydrogen-bond acceptors (Lipinski definition) is 3. The van der Waals surface area contributed by atoms with Crippen LogP contribution >= 0.6 is 0 Å². The van der Waals surface area contributed by atoms with Crippen LogP contribution in [0.25, 0.3) is 0 Å². The zero-order valence-electron chi connectivity index (χ0n) is 16.8. The van der Waals surface area contributed by atoms with Crippen LogP contribution in [0.15, 0.2) is 51.5 Å². The topological polar surface area (TPSA) is 46.6 Å². The van der Waals surface area contributed by atoms with Gasteiger partial charge in [-0.1, -0.05) is 23.3 Å². The summed E-state index contributed by atoms with van der Waals surface area (Å²) in [5, 5.41) is 0. The maximum absolute atomic E-state index is 12.8. The Morgan fingerprint density at radius 1 is 1.04 bits per heavy atom. The molecule has 0 atom stereocenters. The van der Waals surface area contributed by atoms with E-state index in [4.69, 9.17) is 4.74 Å². The van der Waals surface area contributed by atoms with Gasteiger partial charge in [0, 0.05) is 13.1 Å². The van der Waals surface area contributed by atoms with E-state index in [0.717, 1.165) is 18.4 Å². The number of morpholine rings is 1. The van der Waals surface area contributed by atoms with Gasteiger partial charge in [0.05, 0.1) is 18.1 Å². The van der Waals surface area contributed by atoms with E-state index < -0.39 is 10.0 Å². The van der Waals surface area contributed by atoms with Gasteiger partial charge in [0.15, 0.2) is 0 Å². The van der Waals surface area contributed by atoms with Crippen molar-refractivity contribution in [2.75, 3.05) is 26.3 Å². The molecule has 27 heavy (non-hydrogen) atoms. The van der Waals surface area contributed by atoms with E-state index in [9.17, 15) is 8.42 Å². The van der Waals surface area contributed by atoms with Crippen molar-refractivity contribution in [2.24, 2.45) is 0 Å². The van der Waals surface area contributed by atoms with Crippen LogP contribution in [0.3, 0.4) is 0 Å².